The second-order valence-corrected chi connectivity index (χ2v) is 10.1. The number of carbonyl (C=O) groups excluding carboxylic acids is 2. The van der Waals surface area contributed by atoms with Gasteiger partial charge in [0.05, 0.1) is 0 Å². The standard InChI is InChI=1S/C23H34N2O7/c1-21(2)15-7-8-22(3,13-15)18(21)32-20(29)31-10-9-30-19(28)23(4,25-24)12-14-5-6-16(26)17(27)11-14/h5-6,11,15,18,25-27H,7-10,12-13,24H2,1-4H3/t15?,18?,22-,23+/m1/s1. The molecule has 2 aliphatic rings. The number of nitrogens with two attached hydrogens (primary N) is 1. The van der Waals surface area contributed by atoms with Crippen molar-refractivity contribution in [2.45, 2.75) is 65.0 Å². The minimum Gasteiger partial charge on any atom is -0.504 e. The molecule has 2 bridgehead atoms. The van der Waals surface area contributed by atoms with Gasteiger partial charge in [-0.1, -0.05) is 26.8 Å². The molecular weight excluding hydrogens is 416 g/mol. The van der Waals surface area contributed by atoms with Crippen molar-refractivity contribution in [1.29, 1.82) is 0 Å². The molecule has 2 fully saturated rings. The van der Waals surface area contributed by atoms with E-state index in [4.69, 9.17) is 20.1 Å². The van der Waals surface area contributed by atoms with Crippen molar-refractivity contribution in [1.82, 2.24) is 5.43 Å². The lowest BCUT2D eigenvalue weighted by Crippen LogP contribution is -2.55. The van der Waals surface area contributed by atoms with Gasteiger partial charge in [0.15, 0.2) is 11.5 Å². The summed E-state index contributed by atoms with van der Waals surface area (Å²) in [5, 5.41) is 19.1. The molecule has 0 aliphatic heterocycles. The van der Waals surface area contributed by atoms with Crippen LogP contribution < -0.4 is 11.3 Å². The molecule has 9 heteroatoms. The maximum atomic E-state index is 12.5. The van der Waals surface area contributed by atoms with Gasteiger partial charge in [-0.3, -0.25) is 5.84 Å². The fourth-order valence-corrected chi connectivity index (χ4v) is 5.37. The van der Waals surface area contributed by atoms with E-state index in [1.807, 2.05) is 0 Å². The number of nitrogens with one attached hydrogen (secondary N) is 1. The molecule has 3 rings (SSSR count). The van der Waals surface area contributed by atoms with Crippen LogP contribution in [-0.4, -0.2) is 47.2 Å². The summed E-state index contributed by atoms with van der Waals surface area (Å²) < 4.78 is 16.1. The van der Waals surface area contributed by atoms with Crippen LogP contribution in [0.1, 0.15) is 52.5 Å². The van der Waals surface area contributed by atoms with Gasteiger partial charge in [-0.05, 0) is 49.8 Å². The Bertz CT molecular complexity index is 869. The van der Waals surface area contributed by atoms with Gasteiger partial charge in [0.25, 0.3) is 0 Å². The van der Waals surface area contributed by atoms with Crippen LogP contribution in [0, 0.1) is 16.7 Å². The Kier molecular flexibility index (Phi) is 6.62. The number of hydrazine groups is 1. The molecule has 2 unspecified atom stereocenters. The van der Waals surface area contributed by atoms with E-state index in [9.17, 15) is 19.8 Å². The highest BCUT2D eigenvalue weighted by Gasteiger charge is 2.61. The van der Waals surface area contributed by atoms with Crippen molar-refractivity contribution < 1.29 is 34.0 Å². The molecule has 5 N–H and O–H groups in total. The minimum atomic E-state index is -1.29. The number of fused-ring (bicyclic) bond motifs is 2. The molecule has 4 atom stereocenters. The molecule has 0 amide bonds. The number of phenolic OH excluding ortho intramolecular Hbond substituents is 2. The molecule has 9 nitrogen and oxygen atoms in total. The van der Waals surface area contributed by atoms with Crippen molar-refractivity contribution in [2.24, 2.45) is 22.6 Å². The number of benzene rings is 1. The number of carbonyl (C=O) groups is 2. The van der Waals surface area contributed by atoms with Crippen LogP contribution in [-0.2, 0) is 25.4 Å². The van der Waals surface area contributed by atoms with Gasteiger partial charge < -0.3 is 24.4 Å². The van der Waals surface area contributed by atoms with Gasteiger partial charge in [0, 0.05) is 17.3 Å². The maximum Gasteiger partial charge on any atom is 0.508 e. The Balaban J connectivity index is 1.46. The third kappa shape index (κ3) is 4.63. The molecule has 1 aromatic rings. The average Bonchev–Trinajstić information content (AvgIpc) is 3.22. The SMILES string of the molecule is CC1(C)C2CC[C@](C)(C2)C1OC(=O)OCCOC(=O)[C@](C)(Cc1ccc(O)c(O)c1)NN. The van der Waals surface area contributed by atoms with Gasteiger partial charge in [-0.25, -0.2) is 15.0 Å². The number of aromatic hydroxyl groups is 2. The summed E-state index contributed by atoms with van der Waals surface area (Å²) in [5.41, 5.74) is 1.61. The van der Waals surface area contributed by atoms with E-state index in [-0.39, 0.29) is 48.1 Å². The van der Waals surface area contributed by atoms with Crippen molar-refractivity contribution in [2.75, 3.05) is 13.2 Å². The first-order chi connectivity index (χ1) is 14.9. The zero-order chi connectivity index (χ0) is 23.7. The second kappa shape index (κ2) is 8.78. The summed E-state index contributed by atoms with van der Waals surface area (Å²) in [6.07, 6.45) is 2.41. The number of hydrogen-bond donors (Lipinski definition) is 4. The highest BCUT2D eigenvalue weighted by molar-refractivity contribution is 5.80. The summed E-state index contributed by atoms with van der Waals surface area (Å²) in [6.45, 7) is 7.69. The maximum absolute atomic E-state index is 12.5. The summed E-state index contributed by atoms with van der Waals surface area (Å²) in [5.74, 6) is 4.91. The fraction of sp³-hybridized carbons (Fsp3) is 0.652. The van der Waals surface area contributed by atoms with Gasteiger partial charge >= 0.3 is 12.1 Å². The minimum absolute atomic E-state index is 0.0169. The predicted molar refractivity (Wildman–Crippen MR) is 116 cm³/mol. The first-order valence-electron chi connectivity index (χ1n) is 10.9. The molecule has 2 saturated carbocycles. The molecule has 0 spiro atoms. The van der Waals surface area contributed by atoms with Gasteiger partial charge in [0.2, 0.25) is 0 Å². The summed E-state index contributed by atoms with van der Waals surface area (Å²) >= 11 is 0. The van der Waals surface area contributed by atoms with Crippen LogP contribution in [0.25, 0.3) is 0 Å². The normalized spacial score (nSPS) is 27.5. The van der Waals surface area contributed by atoms with Crippen LogP contribution in [0.4, 0.5) is 4.79 Å². The average molecular weight is 451 g/mol. The van der Waals surface area contributed by atoms with Crippen LogP contribution >= 0.6 is 0 Å². The lowest BCUT2D eigenvalue weighted by Gasteiger charge is -2.41. The molecule has 0 heterocycles. The molecule has 0 aromatic heterocycles. The third-order valence-corrected chi connectivity index (χ3v) is 7.25. The molecule has 0 saturated heterocycles. The Labute approximate surface area is 188 Å². The molecule has 2 aliphatic carbocycles. The Morgan fingerprint density at radius 3 is 2.47 bits per heavy atom. The molecule has 32 heavy (non-hydrogen) atoms. The summed E-state index contributed by atoms with van der Waals surface area (Å²) in [7, 11) is 0. The number of hydrogen-bond acceptors (Lipinski definition) is 9. The van der Waals surface area contributed by atoms with Gasteiger partial charge in [0.1, 0.15) is 24.9 Å². The zero-order valence-electron chi connectivity index (χ0n) is 19.1. The third-order valence-electron chi connectivity index (χ3n) is 7.25. The smallest absolute Gasteiger partial charge is 0.504 e. The first-order valence-corrected chi connectivity index (χ1v) is 10.9. The zero-order valence-corrected chi connectivity index (χ0v) is 19.1. The Hall–Kier alpha value is -2.52. The first kappa shape index (κ1) is 24.1. The van der Waals surface area contributed by atoms with Crippen molar-refractivity contribution in [3.63, 3.8) is 0 Å². The predicted octanol–water partition coefficient (Wildman–Crippen LogP) is 2.77. The van der Waals surface area contributed by atoms with E-state index >= 15 is 0 Å². The van der Waals surface area contributed by atoms with Crippen molar-refractivity contribution in [3.8, 4) is 11.5 Å². The summed E-state index contributed by atoms with van der Waals surface area (Å²) in [4.78, 5) is 24.8. The van der Waals surface area contributed by atoms with Crippen LogP contribution in [0.15, 0.2) is 18.2 Å². The van der Waals surface area contributed by atoms with Crippen LogP contribution in [0.2, 0.25) is 0 Å². The van der Waals surface area contributed by atoms with Gasteiger partial charge in [-0.2, -0.15) is 0 Å². The highest BCUT2D eigenvalue weighted by atomic mass is 16.7. The lowest BCUT2D eigenvalue weighted by molar-refractivity contribution is -0.152. The lowest BCUT2D eigenvalue weighted by atomic mass is 9.70. The van der Waals surface area contributed by atoms with E-state index < -0.39 is 17.7 Å². The number of ether oxygens (including phenoxy) is 3. The number of rotatable bonds is 8. The topological polar surface area (TPSA) is 140 Å². The second-order valence-electron chi connectivity index (χ2n) is 10.1. The van der Waals surface area contributed by atoms with Gasteiger partial charge in [-0.15, -0.1) is 0 Å². The molecule has 1 aromatic carbocycles. The van der Waals surface area contributed by atoms with Crippen LogP contribution in [0.5, 0.6) is 11.5 Å². The summed E-state index contributed by atoms with van der Waals surface area (Å²) in [6, 6.07) is 4.23. The molecule has 0 radical (unpaired) electrons. The fourth-order valence-electron chi connectivity index (χ4n) is 5.37. The van der Waals surface area contributed by atoms with Crippen molar-refractivity contribution >= 4 is 12.1 Å². The molecular formula is C23H34N2O7. The van der Waals surface area contributed by atoms with Crippen LogP contribution in [0.3, 0.4) is 0 Å². The largest absolute Gasteiger partial charge is 0.508 e. The van der Waals surface area contributed by atoms with E-state index in [0.29, 0.717) is 11.5 Å². The van der Waals surface area contributed by atoms with E-state index in [2.05, 4.69) is 26.2 Å². The molecule has 178 valence electrons. The number of esters is 1. The van der Waals surface area contributed by atoms with E-state index in [1.54, 1.807) is 13.0 Å². The monoisotopic (exact) mass is 450 g/mol. The quantitative estimate of drug-likeness (QED) is 0.155. The van der Waals surface area contributed by atoms with E-state index in [0.717, 1.165) is 19.3 Å². The van der Waals surface area contributed by atoms with Crippen molar-refractivity contribution in [3.05, 3.63) is 23.8 Å². The Morgan fingerprint density at radius 2 is 1.88 bits per heavy atom. The highest BCUT2D eigenvalue weighted by Crippen LogP contribution is 2.63. The Morgan fingerprint density at radius 1 is 1.19 bits per heavy atom. The van der Waals surface area contributed by atoms with E-state index in [1.165, 1.54) is 12.1 Å². The number of phenols is 2.